The van der Waals surface area contributed by atoms with Crippen LogP contribution in [-0.2, 0) is 17.8 Å². The van der Waals surface area contributed by atoms with Gasteiger partial charge in [-0.3, -0.25) is 4.79 Å². The van der Waals surface area contributed by atoms with Crippen LogP contribution in [-0.4, -0.2) is 28.0 Å². The number of nitrogens with zero attached hydrogens (tertiary/aromatic N) is 3. The predicted octanol–water partition coefficient (Wildman–Crippen LogP) is 2.39. The molecule has 1 atom stereocenters. The molecule has 0 bridgehead atoms. The zero-order valence-electron chi connectivity index (χ0n) is 14.0. The lowest BCUT2D eigenvalue weighted by molar-refractivity contribution is -0.121. The summed E-state index contributed by atoms with van der Waals surface area (Å²) in [5, 5.41) is 11.3. The van der Waals surface area contributed by atoms with Crippen LogP contribution >= 0.6 is 0 Å². The van der Waals surface area contributed by atoms with E-state index in [1.165, 1.54) is 0 Å². The van der Waals surface area contributed by atoms with Crippen molar-refractivity contribution in [3.05, 3.63) is 78.1 Å². The fourth-order valence-corrected chi connectivity index (χ4v) is 2.63. The van der Waals surface area contributed by atoms with E-state index in [4.69, 9.17) is 4.74 Å². The van der Waals surface area contributed by atoms with E-state index in [-0.39, 0.29) is 18.4 Å². The molecule has 1 unspecified atom stereocenters. The van der Waals surface area contributed by atoms with Gasteiger partial charge in [0.2, 0.25) is 5.91 Å². The van der Waals surface area contributed by atoms with E-state index in [1.807, 2.05) is 54.6 Å². The van der Waals surface area contributed by atoms with Gasteiger partial charge in [0.25, 0.3) is 0 Å². The number of amides is 1. The van der Waals surface area contributed by atoms with E-state index in [9.17, 15) is 4.79 Å². The van der Waals surface area contributed by atoms with Gasteiger partial charge in [0.1, 0.15) is 5.75 Å². The van der Waals surface area contributed by atoms with E-state index < -0.39 is 0 Å². The lowest BCUT2D eigenvalue weighted by atomic mass is 10.1. The van der Waals surface area contributed by atoms with Crippen LogP contribution in [0.2, 0.25) is 0 Å². The van der Waals surface area contributed by atoms with Crippen molar-refractivity contribution in [1.29, 1.82) is 0 Å². The zero-order valence-corrected chi connectivity index (χ0v) is 14.0. The standard InChI is InChI=1S/C19H20N4O2/c1-25-17-9-5-6-15(12-17)13-19(24)22-18(14-23-20-10-11-21-23)16-7-3-2-4-8-16/h2-12,18H,13-14H2,1H3,(H,22,24). The van der Waals surface area contributed by atoms with E-state index >= 15 is 0 Å². The fourth-order valence-electron chi connectivity index (χ4n) is 2.63. The van der Waals surface area contributed by atoms with Crippen LogP contribution in [0.3, 0.4) is 0 Å². The highest BCUT2D eigenvalue weighted by atomic mass is 16.5. The van der Waals surface area contributed by atoms with Gasteiger partial charge in [-0.25, -0.2) is 0 Å². The average Bonchev–Trinajstić information content (AvgIpc) is 3.15. The lowest BCUT2D eigenvalue weighted by Gasteiger charge is -2.19. The Morgan fingerprint density at radius 1 is 1.12 bits per heavy atom. The lowest BCUT2D eigenvalue weighted by Crippen LogP contribution is -2.33. The first kappa shape index (κ1) is 16.7. The first-order valence-corrected chi connectivity index (χ1v) is 8.06. The summed E-state index contributed by atoms with van der Waals surface area (Å²) in [6.07, 6.45) is 3.54. The first-order valence-electron chi connectivity index (χ1n) is 8.06. The quantitative estimate of drug-likeness (QED) is 0.719. The summed E-state index contributed by atoms with van der Waals surface area (Å²) >= 11 is 0. The molecule has 6 heteroatoms. The summed E-state index contributed by atoms with van der Waals surface area (Å²) in [7, 11) is 1.61. The van der Waals surface area contributed by atoms with Crippen molar-refractivity contribution in [1.82, 2.24) is 20.3 Å². The van der Waals surface area contributed by atoms with E-state index in [1.54, 1.807) is 24.3 Å². The molecular weight excluding hydrogens is 316 g/mol. The minimum absolute atomic E-state index is 0.0609. The van der Waals surface area contributed by atoms with Crippen molar-refractivity contribution in [2.75, 3.05) is 7.11 Å². The Labute approximate surface area is 146 Å². The minimum atomic E-state index is -0.202. The van der Waals surface area contributed by atoms with Crippen molar-refractivity contribution >= 4 is 5.91 Å². The van der Waals surface area contributed by atoms with Crippen LogP contribution in [0, 0.1) is 0 Å². The Bertz CT molecular complexity index is 803. The van der Waals surface area contributed by atoms with E-state index in [2.05, 4.69) is 15.5 Å². The third-order valence-electron chi connectivity index (χ3n) is 3.85. The molecule has 0 aliphatic rings. The smallest absolute Gasteiger partial charge is 0.224 e. The van der Waals surface area contributed by atoms with Crippen molar-refractivity contribution in [2.45, 2.75) is 19.0 Å². The second kappa shape index (κ2) is 8.10. The summed E-state index contributed by atoms with van der Waals surface area (Å²) in [4.78, 5) is 14.1. The molecule has 1 aromatic heterocycles. The molecule has 3 rings (SSSR count). The second-order valence-corrected chi connectivity index (χ2v) is 5.64. The van der Waals surface area contributed by atoms with Crippen LogP contribution in [0.4, 0.5) is 0 Å². The molecule has 0 aliphatic heterocycles. The van der Waals surface area contributed by atoms with Gasteiger partial charge >= 0.3 is 0 Å². The van der Waals surface area contributed by atoms with Crippen LogP contribution in [0.1, 0.15) is 17.2 Å². The Balaban J connectivity index is 1.71. The molecule has 2 aromatic carbocycles. The number of hydrogen-bond acceptors (Lipinski definition) is 4. The summed E-state index contributed by atoms with van der Waals surface area (Å²) in [5.74, 6) is 0.680. The molecule has 0 radical (unpaired) electrons. The Kier molecular flexibility index (Phi) is 5.41. The number of carbonyl (C=O) groups excluding carboxylic acids is 1. The van der Waals surface area contributed by atoms with Crippen molar-refractivity contribution in [3.63, 3.8) is 0 Å². The molecule has 1 N–H and O–H groups in total. The first-order chi connectivity index (χ1) is 12.2. The number of hydrogen-bond donors (Lipinski definition) is 1. The summed E-state index contributed by atoms with van der Waals surface area (Å²) < 4.78 is 5.21. The Hall–Kier alpha value is -3.15. The van der Waals surface area contributed by atoms with Gasteiger partial charge < -0.3 is 10.1 Å². The summed E-state index contributed by atoms with van der Waals surface area (Å²) in [6.45, 7) is 0.473. The molecular formula is C19H20N4O2. The maximum absolute atomic E-state index is 12.5. The van der Waals surface area contributed by atoms with Gasteiger partial charge in [-0.15, -0.1) is 0 Å². The third-order valence-corrected chi connectivity index (χ3v) is 3.85. The van der Waals surface area contributed by atoms with Crippen molar-refractivity contribution < 1.29 is 9.53 Å². The highest BCUT2D eigenvalue weighted by molar-refractivity contribution is 5.79. The molecule has 0 saturated heterocycles. The number of carbonyl (C=O) groups is 1. The number of nitrogens with one attached hydrogen (secondary N) is 1. The Morgan fingerprint density at radius 3 is 2.60 bits per heavy atom. The van der Waals surface area contributed by atoms with Gasteiger partial charge in [0, 0.05) is 0 Å². The topological polar surface area (TPSA) is 69.0 Å². The molecule has 6 nitrogen and oxygen atoms in total. The van der Waals surface area contributed by atoms with Crippen molar-refractivity contribution in [2.24, 2.45) is 0 Å². The van der Waals surface area contributed by atoms with Gasteiger partial charge in [0.05, 0.1) is 38.5 Å². The molecule has 1 amide bonds. The van der Waals surface area contributed by atoms with E-state index in [0.29, 0.717) is 6.54 Å². The van der Waals surface area contributed by atoms with Gasteiger partial charge in [-0.1, -0.05) is 42.5 Å². The molecule has 1 heterocycles. The van der Waals surface area contributed by atoms with Crippen molar-refractivity contribution in [3.8, 4) is 5.75 Å². The number of methoxy groups -OCH3 is 1. The largest absolute Gasteiger partial charge is 0.497 e. The highest BCUT2D eigenvalue weighted by Gasteiger charge is 2.16. The van der Waals surface area contributed by atoms with Crippen LogP contribution in [0.5, 0.6) is 5.75 Å². The molecule has 0 saturated carbocycles. The van der Waals surface area contributed by atoms with Crippen LogP contribution in [0.25, 0.3) is 0 Å². The second-order valence-electron chi connectivity index (χ2n) is 5.64. The van der Waals surface area contributed by atoms with E-state index in [0.717, 1.165) is 16.9 Å². The number of aromatic nitrogens is 3. The fraction of sp³-hybridized carbons (Fsp3) is 0.211. The van der Waals surface area contributed by atoms with Crippen LogP contribution in [0.15, 0.2) is 67.0 Å². The maximum atomic E-state index is 12.5. The molecule has 3 aromatic rings. The monoisotopic (exact) mass is 336 g/mol. The maximum Gasteiger partial charge on any atom is 0.224 e. The third kappa shape index (κ3) is 4.67. The van der Waals surface area contributed by atoms with Gasteiger partial charge in [-0.05, 0) is 23.3 Å². The molecule has 0 spiro atoms. The SMILES string of the molecule is COc1cccc(CC(=O)NC(Cn2nccn2)c2ccccc2)c1. The highest BCUT2D eigenvalue weighted by Crippen LogP contribution is 2.16. The summed E-state index contributed by atoms with van der Waals surface area (Å²) in [5.41, 5.74) is 1.92. The van der Waals surface area contributed by atoms with Gasteiger partial charge in [0.15, 0.2) is 0 Å². The molecule has 25 heavy (non-hydrogen) atoms. The predicted molar refractivity (Wildman–Crippen MR) is 94.0 cm³/mol. The average molecular weight is 336 g/mol. The summed E-state index contributed by atoms with van der Waals surface area (Å²) in [6, 6.07) is 17.1. The number of benzene rings is 2. The molecule has 0 fully saturated rings. The Morgan fingerprint density at radius 2 is 1.88 bits per heavy atom. The van der Waals surface area contributed by atoms with Gasteiger partial charge in [-0.2, -0.15) is 15.0 Å². The number of ether oxygens (including phenoxy) is 1. The minimum Gasteiger partial charge on any atom is -0.497 e. The number of rotatable bonds is 7. The molecule has 0 aliphatic carbocycles. The molecule has 128 valence electrons. The van der Waals surface area contributed by atoms with Crippen LogP contribution < -0.4 is 10.1 Å². The normalized spacial score (nSPS) is 11.7. The zero-order chi connectivity index (χ0) is 17.5.